The summed E-state index contributed by atoms with van der Waals surface area (Å²) in [6.07, 6.45) is 3.35. The molecule has 1 N–H and O–H groups in total. The number of ether oxygens (including phenoxy) is 1. The number of hydrogen-bond acceptors (Lipinski definition) is 4. The first kappa shape index (κ1) is 13.0. The topological polar surface area (TPSA) is 58.6 Å². The minimum atomic E-state index is -0.198. The number of methoxy groups -OCH3 is 1. The van der Waals surface area contributed by atoms with Crippen LogP contribution < -0.4 is 5.32 Å². The van der Waals surface area contributed by atoms with Crippen LogP contribution in [0.2, 0.25) is 0 Å². The normalized spacial score (nSPS) is 14.9. The zero-order valence-electron chi connectivity index (χ0n) is 9.99. The van der Waals surface area contributed by atoms with E-state index >= 15 is 0 Å². The predicted octanol–water partition coefficient (Wildman–Crippen LogP) is 0.150. The minimum Gasteiger partial charge on any atom is -0.469 e. The van der Waals surface area contributed by atoms with Gasteiger partial charge < -0.3 is 10.1 Å². The van der Waals surface area contributed by atoms with Crippen LogP contribution in [-0.4, -0.2) is 50.1 Å². The lowest BCUT2D eigenvalue weighted by atomic mass is 10.3. The van der Waals surface area contributed by atoms with Gasteiger partial charge >= 0.3 is 5.97 Å². The van der Waals surface area contributed by atoms with Crippen LogP contribution in [0.15, 0.2) is 0 Å². The third-order valence-corrected chi connectivity index (χ3v) is 2.50. The molecule has 0 aromatic rings. The number of carbonyl (C=O) groups is 2. The largest absolute Gasteiger partial charge is 0.469 e. The van der Waals surface area contributed by atoms with Crippen molar-refractivity contribution >= 4 is 11.9 Å². The molecule has 1 saturated carbocycles. The van der Waals surface area contributed by atoms with Gasteiger partial charge in [-0.15, -0.1) is 0 Å². The Labute approximate surface area is 96.1 Å². The van der Waals surface area contributed by atoms with Crippen molar-refractivity contribution < 1.29 is 14.3 Å². The first-order valence-corrected chi connectivity index (χ1v) is 5.66. The molecule has 5 heteroatoms. The lowest BCUT2D eigenvalue weighted by Gasteiger charge is -2.15. The summed E-state index contributed by atoms with van der Waals surface area (Å²) in [5, 5.41) is 2.92. The first-order chi connectivity index (χ1) is 7.61. The van der Waals surface area contributed by atoms with E-state index in [0.717, 1.165) is 25.8 Å². The fourth-order valence-electron chi connectivity index (χ4n) is 1.42. The van der Waals surface area contributed by atoms with Gasteiger partial charge in [0.15, 0.2) is 0 Å². The molecule has 1 aliphatic carbocycles. The van der Waals surface area contributed by atoms with Crippen molar-refractivity contribution in [2.24, 2.45) is 0 Å². The summed E-state index contributed by atoms with van der Waals surface area (Å²) in [5.74, 6) is -0.126. The molecule has 0 heterocycles. The fraction of sp³-hybridized carbons (Fsp3) is 0.818. The zero-order valence-corrected chi connectivity index (χ0v) is 9.99. The van der Waals surface area contributed by atoms with E-state index in [1.807, 2.05) is 11.9 Å². The average molecular weight is 228 g/mol. The summed E-state index contributed by atoms with van der Waals surface area (Å²) in [6, 6.07) is 0.413. The molecule has 0 aliphatic heterocycles. The van der Waals surface area contributed by atoms with Gasteiger partial charge in [0, 0.05) is 12.5 Å². The van der Waals surface area contributed by atoms with Gasteiger partial charge in [-0.2, -0.15) is 0 Å². The summed E-state index contributed by atoms with van der Waals surface area (Å²) in [6.45, 7) is 1.13. The molecule has 92 valence electrons. The van der Waals surface area contributed by atoms with Crippen molar-refractivity contribution in [1.82, 2.24) is 10.2 Å². The molecule has 0 aromatic carbocycles. The molecule has 0 radical (unpaired) electrons. The molecule has 0 saturated heterocycles. The molecule has 5 nitrogen and oxygen atoms in total. The van der Waals surface area contributed by atoms with E-state index in [9.17, 15) is 9.59 Å². The fourth-order valence-corrected chi connectivity index (χ4v) is 1.42. The molecule has 0 atom stereocenters. The quantitative estimate of drug-likeness (QED) is 0.630. The van der Waals surface area contributed by atoms with E-state index in [1.54, 1.807) is 0 Å². The Bertz CT molecular complexity index is 252. The van der Waals surface area contributed by atoms with Gasteiger partial charge in [-0.05, 0) is 32.9 Å². The van der Waals surface area contributed by atoms with Crippen LogP contribution in [0.25, 0.3) is 0 Å². The summed E-state index contributed by atoms with van der Waals surface area (Å²) in [5.41, 5.74) is 0. The number of amides is 1. The second kappa shape index (κ2) is 6.48. The third kappa shape index (κ3) is 5.70. The van der Waals surface area contributed by atoms with Crippen LogP contribution in [0.4, 0.5) is 0 Å². The van der Waals surface area contributed by atoms with Crippen LogP contribution in [0.1, 0.15) is 25.7 Å². The van der Waals surface area contributed by atoms with E-state index in [-0.39, 0.29) is 11.9 Å². The molecule has 0 bridgehead atoms. The monoisotopic (exact) mass is 228 g/mol. The van der Waals surface area contributed by atoms with Crippen molar-refractivity contribution in [1.29, 1.82) is 0 Å². The minimum absolute atomic E-state index is 0.0723. The highest BCUT2D eigenvalue weighted by molar-refractivity contribution is 5.78. The van der Waals surface area contributed by atoms with Crippen molar-refractivity contribution in [3.8, 4) is 0 Å². The maximum Gasteiger partial charge on any atom is 0.305 e. The number of nitrogens with one attached hydrogen (secondary N) is 1. The molecule has 1 fully saturated rings. The summed E-state index contributed by atoms with van der Waals surface area (Å²) in [4.78, 5) is 24.2. The molecular formula is C11H20N2O3. The number of rotatable bonds is 7. The first-order valence-electron chi connectivity index (χ1n) is 5.66. The number of carbonyl (C=O) groups excluding carboxylic acids is 2. The van der Waals surface area contributed by atoms with E-state index in [2.05, 4.69) is 10.1 Å². The number of esters is 1. The Morgan fingerprint density at radius 1 is 1.44 bits per heavy atom. The van der Waals surface area contributed by atoms with Crippen molar-refractivity contribution in [2.45, 2.75) is 31.7 Å². The van der Waals surface area contributed by atoms with Gasteiger partial charge in [0.2, 0.25) is 5.91 Å². The van der Waals surface area contributed by atoms with Gasteiger partial charge in [0.25, 0.3) is 0 Å². The van der Waals surface area contributed by atoms with E-state index in [0.29, 0.717) is 19.0 Å². The lowest BCUT2D eigenvalue weighted by molar-refractivity contribution is -0.140. The van der Waals surface area contributed by atoms with Crippen LogP contribution in [0.3, 0.4) is 0 Å². The van der Waals surface area contributed by atoms with Gasteiger partial charge in [-0.25, -0.2) is 0 Å². The van der Waals surface area contributed by atoms with E-state index in [4.69, 9.17) is 0 Å². The Balaban J connectivity index is 2.02. The summed E-state index contributed by atoms with van der Waals surface area (Å²) >= 11 is 0. The number of likely N-dealkylation sites (N-methyl/N-ethyl adjacent to an activating group) is 1. The number of hydrogen-bond donors (Lipinski definition) is 1. The molecular weight excluding hydrogens is 208 g/mol. The average Bonchev–Trinajstić information content (AvgIpc) is 3.01. The standard InChI is InChI=1S/C11H20N2O3/c1-13(7-3-4-11(15)16-2)8-10(14)12-9-5-6-9/h9H,3-8H2,1-2H3,(H,12,14). The smallest absolute Gasteiger partial charge is 0.305 e. The SMILES string of the molecule is COC(=O)CCCN(C)CC(=O)NC1CC1. The molecule has 0 spiro atoms. The predicted molar refractivity (Wildman–Crippen MR) is 59.9 cm³/mol. The maximum absolute atomic E-state index is 11.4. The molecule has 1 rings (SSSR count). The van der Waals surface area contributed by atoms with Crippen molar-refractivity contribution in [3.63, 3.8) is 0 Å². The molecule has 1 amide bonds. The second-order valence-electron chi connectivity index (χ2n) is 4.26. The van der Waals surface area contributed by atoms with Crippen LogP contribution >= 0.6 is 0 Å². The van der Waals surface area contributed by atoms with Crippen LogP contribution in [0, 0.1) is 0 Å². The van der Waals surface area contributed by atoms with Gasteiger partial charge in [-0.1, -0.05) is 0 Å². The van der Waals surface area contributed by atoms with Crippen molar-refractivity contribution in [2.75, 3.05) is 27.2 Å². The molecule has 0 unspecified atom stereocenters. The van der Waals surface area contributed by atoms with Crippen molar-refractivity contribution in [3.05, 3.63) is 0 Å². The van der Waals surface area contributed by atoms with E-state index < -0.39 is 0 Å². The highest BCUT2D eigenvalue weighted by Gasteiger charge is 2.23. The number of nitrogens with zero attached hydrogens (tertiary/aromatic N) is 1. The Morgan fingerprint density at radius 3 is 2.69 bits per heavy atom. The zero-order chi connectivity index (χ0) is 12.0. The molecule has 0 aromatic heterocycles. The Morgan fingerprint density at radius 2 is 2.12 bits per heavy atom. The summed E-state index contributed by atoms with van der Waals surface area (Å²) in [7, 11) is 3.26. The molecule has 1 aliphatic rings. The summed E-state index contributed by atoms with van der Waals surface area (Å²) < 4.78 is 4.54. The molecule has 16 heavy (non-hydrogen) atoms. The third-order valence-electron chi connectivity index (χ3n) is 2.50. The van der Waals surface area contributed by atoms with E-state index in [1.165, 1.54) is 7.11 Å². The Kier molecular flexibility index (Phi) is 5.25. The second-order valence-corrected chi connectivity index (χ2v) is 4.26. The van der Waals surface area contributed by atoms with Gasteiger partial charge in [0.1, 0.15) is 0 Å². The van der Waals surface area contributed by atoms with Gasteiger partial charge in [-0.3, -0.25) is 14.5 Å². The highest BCUT2D eigenvalue weighted by atomic mass is 16.5. The van der Waals surface area contributed by atoms with Gasteiger partial charge in [0.05, 0.1) is 13.7 Å². The lowest BCUT2D eigenvalue weighted by Crippen LogP contribution is -2.36. The highest BCUT2D eigenvalue weighted by Crippen LogP contribution is 2.18. The Hall–Kier alpha value is -1.10. The van der Waals surface area contributed by atoms with Crippen LogP contribution in [-0.2, 0) is 14.3 Å². The van der Waals surface area contributed by atoms with Crippen LogP contribution in [0.5, 0.6) is 0 Å². The maximum atomic E-state index is 11.4.